The van der Waals surface area contributed by atoms with Crippen LogP contribution in [0.25, 0.3) is 0 Å². The Bertz CT molecular complexity index is 326. The highest BCUT2D eigenvalue weighted by atomic mass is 16.3. The lowest BCUT2D eigenvalue weighted by Crippen LogP contribution is -2.50. The summed E-state index contributed by atoms with van der Waals surface area (Å²) >= 11 is 0. The number of rotatable bonds is 4. The Kier molecular flexibility index (Phi) is 4.51. The van der Waals surface area contributed by atoms with Gasteiger partial charge in [-0.3, -0.25) is 4.79 Å². The minimum Gasteiger partial charge on any atom is -0.388 e. The highest BCUT2D eigenvalue weighted by Crippen LogP contribution is 2.33. The molecule has 1 saturated heterocycles. The van der Waals surface area contributed by atoms with Gasteiger partial charge in [-0.1, -0.05) is 26.7 Å². The Labute approximate surface area is 116 Å². The molecule has 110 valence electrons. The molecule has 2 fully saturated rings. The van der Waals surface area contributed by atoms with Crippen LogP contribution in [0.2, 0.25) is 0 Å². The van der Waals surface area contributed by atoms with Gasteiger partial charge in [0.05, 0.1) is 11.0 Å². The van der Waals surface area contributed by atoms with Gasteiger partial charge in [-0.25, -0.2) is 0 Å². The van der Waals surface area contributed by atoms with E-state index >= 15 is 0 Å². The molecule has 0 aromatic heterocycles. The predicted octanol–water partition coefficient (Wildman–Crippen LogP) is 1.43. The van der Waals surface area contributed by atoms with Crippen LogP contribution >= 0.6 is 0 Å². The van der Waals surface area contributed by atoms with Gasteiger partial charge in [0.25, 0.3) is 0 Å². The third-order valence-corrected chi connectivity index (χ3v) is 5.05. The van der Waals surface area contributed by atoms with E-state index in [1.165, 1.54) is 6.42 Å². The molecule has 0 spiro atoms. The van der Waals surface area contributed by atoms with E-state index in [0.29, 0.717) is 12.5 Å². The fourth-order valence-corrected chi connectivity index (χ4v) is 3.63. The smallest absolute Gasteiger partial charge is 0.227 e. The lowest BCUT2D eigenvalue weighted by Gasteiger charge is -2.36. The van der Waals surface area contributed by atoms with E-state index in [9.17, 15) is 9.90 Å². The van der Waals surface area contributed by atoms with Crippen LogP contribution in [-0.2, 0) is 4.79 Å². The van der Waals surface area contributed by atoms with Gasteiger partial charge in [0, 0.05) is 13.1 Å². The molecule has 0 aromatic carbocycles. The van der Waals surface area contributed by atoms with Gasteiger partial charge in [-0.2, -0.15) is 0 Å². The fraction of sp³-hybridized carbons (Fsp3) is 0.933. The average Bonchev–Trinajstić information content (AvgIpc) is 2.86. The monoisotopic (exact) mass is 268 g/mol. The fourth-order valence-electron chi connectivity index (χ4n) is 3.63. The first-order valence-corrected chi connectivity index (χ1v) is 7.71. The Balaban J connectivity index is 1.89. The standard InChI is InChI=1S/C15H28N2O2/c1-3-14(7-8-16-10-14)13(18)17-11-15(19)6-4-5-12(2)9-15/h12,16,19H,3-11H2,1-2H3,(H,17,18). The zero-order valence-electron chi connectivity index (χ0n) is 12.3. The normalized spacial score (nSPS) is 39.2. The lowest BCUT2D eigenvalue weighted by molar-refractivity contribution is -0.132. The van der Waals surface area contributed by atoms with Crippen molar-refractivity contribution in [2.45, 2.75) is 58.0 Å². The van der Waals surface area contributed by atoms with Crippen molar-refractivity contribution in [1.82, 2.24) is 10.6 Å². The molecular weight excluding hydrogens is 240 g/mol. The molecule has 1 saturated carbocycles. The predicted molar refractivity (Wildman–Crippen MR) is 75.8 cm³/mol. The highest BCUT2D eigenvalue weighted by Gasteiger charge is 2.41. The van der Waals surface area contributed by atoms with Crippen molar-refractivity contribution in [2.24, 2.45) is 11.3 Å². The first-order valence-electron chi connectivity index (χ1n) is 7.71. The largest absolute Gasteiger partial charge is 0.388 e. The van der Waals surface area contributed by atoms with E-state index in [-0.39, 0.29) is 11.3 Å². The molecule has 1 heterocycles. The molecule has 0 aromatic rings. The minimum absolute atomic E-state index is 0.117. The van der Waals surface area contributed by atoms with Gasteiger partial charge in [-0.15, -0.1) is 0 Å². The summed E-state index contributed by atoms with van der Waals surface area (Å²) in [5, 5.41) is 16.9. The maximum atomic E-state index is 12.4. The van der Waals surface area contributed by atoms with Crippen LogP contribution in [-0.4, -0.2) is 36.2 Å². The molecule has 4 heteroatoms. The summed E-state index contributed by atoms with van der Waals surface area (Å²) in [5.74, 6) is 0.676. The minimum atomic E-state index is -0.686. The van der Waals surface area contributed by atoms with Crippen molar-refractivity contribution >= 4 is 5.91 Å². The Morgan fingerprint density at radius 1 is 1.47 bits per heavy atom. The summed E-state index contributed by atoms with van der Waals surface area (Å²) < 4.78 is 0. The Hall–Kier alpha value is -0.610. The molecule has 4 nitrogen and oxygen atoms in total. The molecule has 2 aliphatic rings. The van der Waals surface area contributed by atoms with Crippen molar-refractivity contribution in [3.63, 3.8) is 0 Å². The van der Waals surface area contributed by atoms with Crippen molar-refractivity contribution in [3.05, 3.63) is 0 Å². The number of hydrogen-bond acceptors (Lipinski definition) is 3. The molecule has 0 radical (unpaired) electrons. The van der Waals surface area contributed by atoms with Gasteiger partial charge in [-0.05, 0) is 38.1 Å². The molecule has 2 rings (SSSR count). The lowest BCUT2D eigenvalue weighted by atomic mass is 9.78. The molecule has 0 bridgehead atoms. The van der Waals surface area contributed by atoms with Gasteiger partial charge in [0.15, 0.2) is 0 Å². The average molecular weight is 268 g/mol. The van der Waals surface area contributed by atoms with E-state index in [4.69, 9.17) is 0 Å². The topological polar surface area (TPSA) is 61.4 Å². The van der Waals surface area contributed by atoms with Gasteiger partial charge in [0.2, 0.25) is 5.91 Å². The maximum absolute atomic E-state index is 12.4. The molecule has 3 N–H and O–H groups in total. The van der Waals surface area contributed by atoms with Crippen LogP contribution in [0.5, 0.6) is 0 Å². The third kappa shape index (κ3) is 3.29. The summed E-state index contributed by atoms with van der Waals surface area (Å²) in [7, 11) is 0. The van der Waals surface area contributed by atoms with Crippen molar-refractivity contribution in [3.8, 4) is 0 Å². The highest BCUT2D eigenvalue weighted by molar-refractivity contribution is 5.83. The van der Waals surface area contributed by atoms with Gasteiger partial charge >= 0.3 is 0 Å². The first-order chi connectivity index (χ1) is 9.00. The van der Waals surface area contributed by atoms with Gasteiger partial charge in [0.1, 0.15) is 0 Å². The Morgan fingerprint density at radius 2 is 2.26 bits per heavy atom. The van der Waals surface area contributed by atoms with Crippen LogP contribution in [0.4, 0.5) is 0 Å². The van der Waals surface area contributed by atoms with E-state index < -0.39 is 5.60 Å². The summed E-state index contributed by atoms with van der Waals surface area (Å²) in [6.07, 6.45) is 5.65. The quantitative estimate of drug-likeness (QED) is 0.723. The second-order valence-electron chi connectivity index (χ2n) is 6.67. The van der Waals surface area contributed by atoms with E-state index in [1.54, 1.807) is 0 Å². The Morgan fingerprint density at radius 3 is 2.84 bits per heavy atom. The summed E-state index contributed by atoms with van der Waals surface area (Å²) in [4.78, 5) is 12.4. The van der Waals surface area contributed by atoms with E-state index in [2.05, 4.69) is 24.5 Å². The molecule has 1 amide bonds. The summed E-state index contributed by atoms with van der Waals surface area (Å²) in [5.41, 5.74) is -0.940. The maximum Gasteiger partial charge on any atom is 0.227 e. The van der Waals surface area contributed by atoms with Crippen LogP contribution in [0.3, 0.4) is 0 Å². The summed E-state index contributed by atoms with van der Waals surface area (Å²) in [6, 6.07) is 0. The van der Waals surface area contributed by atoms with Crippen LogP contribution in [0.1, 0.15) is 52.4 Å². The second-order valence-corrected chi connectivity index (χ2v) is 6.67. The van der Waals surface area contributed by atoms with Gasteiger partial charge < -0.3 is 15.7 Å². The number of carbonyl (C=O) groups is 1. The first kappa shape index (κ1) is 14.8. The molecule has 1 aliphatic carbocycles. The van der Waals surface area contributed by atoms with Crippen molar-refractivity contribution < 1.29 is 9.90 Å². The van der Waals surface area contributed by atoms with E-state index in [1.807, 2.05) is 0 Å². The molecule has 3 unspecified atom stereocenters. The number of amides is 1. The van der Waals surface area contributed by atoms with Crippen LogP contribution in [0, 0.1) is 11.3 Å². The zero-order chi connectivity index (χ0) is 13.9. The van der Waals surface area contributed by atoms with Crippen molar-refractivity contribution in [2.75, 3.05) is 19.6 Å². The third-order valence-electron chi connectivity index (χ3n) is 5.05. The molecular formula is C15H28N2O2. The SMILES string of the molecule is CCC1(C(=O)NCC2(O)CCCC(C)C2)CCNC1. The number of hydrogen-bond donors (Lipinski definition) is 3. The second kappa shape index (κ2) is 5.80. The number of nitrogens with one attached hydrogen (secondary N) is 2. The number of carbonyl (C=O) groups excluding carboxylic acids is 1. The van der Waals surface area contributed by atoms with Crippen molar-refractivity contribution in [1.29, 1.82) is 0 Å². The zero-order valence-corrected chi connectivity index (χ0v) is 12.3. The van der Waals surface area contributed by atoms with Crippen LogP contribution < -0.4 is 10.6 Å². The van der Waals surface area contributed by atoms with E-state index in [0.717, 1.165) is 45.2 Å². The van der Waals surface area contributed by atoms with Crippen LogP contribution in [0.15, 0.2) is 0 Å². The molecule has 19 heavy (non-hydrogen) atoms. The molecule has 1 aliphatic heterocycles. The summed E-state index contributed by atoms with van der Waals surface area (Å²) in [6.45, 7) is 6.36. The molecule has 3 atom stereocenters. The number of aliphatic hydroxyl groups is 1.